The maximum absolute atomic E-state index is 15.5. The van der Waals surface area contributed by atoms with Crippen LogP contribution < -0.4 is 16.1 Å². The zero-order valence-electron chi connectivity index (χ0n) is 15.0. The lowest BCUT2D eigenvalue weighted by molar-refractivity contribution is -0.118. The minimum Gasteiger partial charge on any atom is -0.477 e. The number of anilines is 2. The number of nitrogens with zero attached hydrogens (tertiary/aromatic N) is 1. The summed E-state index contributed by atoms with van der Waals surface area (Å²) in [4.78, 5) is 36.4. The van der Waals surface area contributed by atoms with Crippen LogP contribution in [0.2, 0.25) is 0 Å². The Balaban J connectivity index is 1.99. The molecule has 1 aromatic carbocycles. The molecule has 1 amide bonds. The minimum atomic E-state index is -1.35. The van der Waals surface area contributed by atoms with Crippen LogP contribution in [0.1, 0.15) is 49.5 Å². The average molecular weight is 373 g/mol. The number of hydrogen-bond donors (Lipinski definition) is 3. The second kappa shape index (κ2) is 6.07. The van der Waals surface area contributed by atoms with Crippen molar-refractivity contribution >= 4 is 34.2 Å². The third-order valence-electron chi connectivity index (χ3n) is 5.48. The maximum Gasteiger partial charge on any atom is 0.341 e. The van der Waals surface area contributed by atoms with E-state index in [1.54, 1.807) is 4.57 Å². The first-order valence-corrected chi connectivity index (χ1v) is 9.05. The summed E-state index contributed by atoms with van der Waals surface area (Å²) < 4.78 is 17.0. The van der Waals surface area contributed by atoms with Gasteiger partial charge in [0.15, 0.2) is 5.82 Å². The second-order valence-corrected chi connectivity index (χ2v) is 7.32. The van der Waals surface area contributed by atoms with E-state index < -0.39 is 28.8 Å². The number of carboxylic acid groups (broad SMARTS) is 1. The average Bonchev–Trinajstić information content (AvgIpc) is 3.46. The van der Waals surface area contributed by atoms with Crippen LogP contribution in [0.4, 0.5) is 15.8 Å². The molecule has 2 heterocycles. The highest BCUT2D eigenvalue weighted by atomic mass is 19.1. The molecule has 1 saturated carbocycles. The van der Waals surface area contributed by atoms with Crippen molar-refractivity contribution in [3.63, 3.8) is 0 Å². The normalized spacial score (nSPS) is 20.0. The van der Waals surface area contributed by atoms with Gasteiger partial charge in [0.1, 0.15) is 11.6 Å². The van der Waals surface area contributed by atoms with E-state index in [1.807, 2.05) is 13.8 Å². The van der Waals surface area contributed by atoms with Gasteiger partial charge < -0.3 is 20.3 Å². The minimum absolute atomic E-state index is 0.00624. The Morgan fingerprint density at radius 1 is 1.41 bits per heavy atom. The van der Waals surface area contributed by atoms with Gasteiger partial charge in [0, 0.05) is 12.2 Å². The molecule has 0 bridgehead atoms. The van der Waals surface area contributed by atoms with Crippen LogP contribution in [0, 0.1) is 11.7 Å². The number of hydrogen-bond acceptors (Lipinski definition) is 4. The fourth-order valence-electron chi connectivity index (χ4n) is 3.57. The van der Waals surface area contributed by atoms with Crippen LogP contribution in [-0.4, -0.2) is 27.6 Å². The van der Waals surface area contributed by atoms with Crippen molar-refractivity contribution in [2.75, 3.05) is 10.6 Å². The topological polar surface area (TPSA) is 100 Å². The Hall–Kier alpha value is -2.90. The van der Waals surface area contributed by atoms with Gasteiger partial charge in [0.2, 0.25) is 11.3 Å². The standard InChI is InChI=1S/C19H20FN3O4/c1-3-8(2)14-18(25)21-12-6-10-16(13(20)15(12)22-14)23(9-4-5-9)7-11(17(10)24)19(26)27/h6-9,14,22H,3-5H2,1-2H3,(H,21,25)(H,26,27). The predicted molar refractivity (Wildman–Crippen MR) is 98.9 cm³/mol. The number of amides is 1. The van der Waals surface area contributed by atoms with Gasteiger partial charge in [-0.15, -0.1) is 0 Å². The van der Waals surface area contributed by atoms with Crippen LogP contribution in [0.3, 0.4) is 0 Å². The van der Waals surface area contributed by atoms with Gasteiger partial charge in [-0.1, -0.05) is 20.3 Å². The van der Waals surface area contributed by atoms with E-state index in [9.17, 15) is 19.5 Å². The predicted octanol–water partition coefficient (Wildman–Crippen LogP) is 2.95. The Bertz CT molecular complexity index is 1040. The number of aromatic nitrogens is 1. The molecule has 2 aromatic rings. The van der Waals surface area contributed by atoms with Gasteiger partial charge >= 0.3 is 5.97 Å². The van der Waals surface area contributed by atoms with Crippen LogP contribution >= 0.6 is 0 Å². The van der Waals surface area contributed by atoms with E-state index >= 15 is 4.39 Å². The Labute approximate surface area is 154 Å². The molecule has 27 heavy (non-hydrogen) atoms. The van der Waals surface area contributed by atoms with E-state index in [1.165, 1.54) is 12.3 Å². The first kappa shape index (κ1) is 17.5. The van der Waals surface area contributed by atoms with Gasteiger partial charge in [0.05, 0.1) is 22.3 Å². The molecule has 1 aliphatic heterocycles. The fourth-order valence-corrected chi connectivity index (χ4v) is 3.57. The summed E-state index contributed by atoms with van der Waals surface area (Å²) in [7, 11) is 0. The third kappa shape index (κ3) is 2.67. The number of carbonyl (C=O) groups is 2. The maximum atomic E-state index is 15.5. The molecule has 0 radical (unpaired) electrons. The number of carboxylic acids is 1. The summed E-state index contributed by atoms with van der Waals surface area (Å²) in [5.41, 5.74) is -0.774. The monoisotopic (exact) mass is 373 g/mol. The zero-order chi connectivity index (χ0) is 19.5. The van der Waals surface area contributed by atoms with E-state index in [0.29, 0.717) is 0 Å². The van der Waals surface area contributed by atoms with Crippen molar-refractivity contribution in [2.45, 2.75) is 45.2 Å². The van der Waals surface area contributed by atoms with Crippen LogP contribution in [-0.2, 0) is 4.79 Å². The number of carbonyl (C=O) groups excluding carboxylic acids is 1. The second-order valence-electron chi connectivity index (χ2n) is 7.32. The summed E-state index contributed by atoms with van der Waals surface area (Å²) in [5, 5.41) is 14.9. The van der Waals surface area contributed by atoms with E-state index in [-0.39, 0.29) is 40.1 Å². The van der Waals surface area contributed by atoms with E-state index in [4.69, 9.17) is 0 Å². The molecule has 2 aliphatic rings. The molecule has 2 atom stereocenters. The Kier molecular flexibility index (Phi) is 3.94. The summed E-state index contributed by atoms with van der Waals surface area (Å²) in [5.74, 6) is -2.30. The number of rotatable bonds is 4. The number of aromatic carboxylic acids is 1. The lowest BCUT2D eigenvalue weighted by Gasteiger charge is -2.31. The zero-order valence-corrected chi connectivity index (χ0v) is 15.0. The largest absolute Gasteiger partial charge is 0.477 e. The van der Waals surface area contributed by atoms with Gasteiger partial charge in [-0.3, -0.25) is 9.59 Å². The quantitative estimate of drug-likeness (QED) is 0.765. The van der Waals surface area contributed by atoms with Crippen molar-refractivity contribution < 1.29 is 19.1 Å². The molecule has 4 rings (SSSR count). The van der Waals surface area contributed by atoms with Crippen molar-refractivity contribution in [2.24, 2.45) is 5.92 Å². The number of benzene rings is 1. The highest BCUT2D eigenvalue weighted by Gasteiger charge is 2.34. The molecule has 1 fully saturated rings. The molecule has 1 aromatic heterocycles. The molecular formula is C19H20FN3O4. The summed E-state index contributed by atoms with van der Waals surface area (Å²) in [6, 6.07) is 0.773. The highest BCUT2D eigenvalue weighted by molar-refractivity contribution is 6.07. The Morgan fingerprint density at radius 3 is 2.70 bits per heavy atom. The smallest absolute Gasteiger partial charge is 0.341 e. The molecule has 8 heteroatoms. The van der Waals surface area contributed by atoms with Crippen molar-refractivity contribution in [3.05, 3.63) is 33.9 Å². The first-order chi connectivity index (χ1) is 12.8. The molecule has 0 saturated heterocycles. The molecule has 142 valence electrons. The highest BCUT2D eigenvalue weighted by Crippen LogP contribution is 2.41. The van der Waals surface area contributed by atoms with Crippen molar-refractivity contribution in [1.29, 1.82) is 0 Å². The number of nitrogens with one attached hydrogen (secondary N) is 2. The first-order valence-electron chi connectivity index (χ1n) is 9.05. The van der Waals surface area contributed by atoms with Gasteiger partial charge in [-0.2, -0.15) is 0 Å². The van der Waals surface area contributed by atoms with Crippen molar-refractivity contribution in [3.8, 4) is 0 Å². The number of pyridine rings is 1. The van der Waals surface area contributed by atoms with Gasteiger partial charge in [-0.25, -0.2) is 9.18 Å². The van der Waals surface area contributed by atoms with Crippen molar-refractivity contribution in [1.82, 2.24) is 4.57 Å². The Morgan fingerprint density at radius 2 is 2.11 bits per heavy atom. The number of fused-ring (bicyclic) bond motifs is 2. The lowest BCUT2D eigenvalue weighted by atomic mass is 9.95. The summed E-state index contributed by atoms with van der Waals surface area (Å²) in [6.07, 6.45) is 3.57. The van der Waals surface area contributed by atoms with Gasteiger partial charge in [0.25, 0.3) is 0 Å². The number of halogens is 1. The molecular weight excluding hydrogens is 353 g/mol. The van der Waals surface area contributed by atoms with E-state index in [2.05, 4.69) is 10.6 Å². The van der Waals surface area contributed by atoms with E-state index in [0.717, 1.165) is 19.3 Å². The SMILES string of the molecule is CCC(C)C1Nc2c(cc3c(=O)c(C(=O)O)cn(C4CC4)c3c2F)NC1=O. The fraction of sp³-hybridized carbons (Fsp3) is 0.421. The van der Waals surface area contributed by atoms with Crippen LogP contribution in [0.5, 0.6) is 0 Å². The summed E-state index contributed by atoms with van der Waals surface area (Å²) >= 11 is 0. The third-order valence-corrected chi connectivity index (χ3v) is 5.48. The summed E-state index contributed by atoms with van der Waals surface area (Å²) in [6.45, 7) is 3.85. The van der Waals surface area contributed by atoms with Crippen LogP contribution in [0.25, 0.3) is 10.9 Å². The van der Waals surface area contributed by atoms with Gasteiger partial charge in [-0.05, 0) is 24.8 Å². The molecule has 7 nitrogen and oxygen atoms in total. The van der Waals surface area contributed by atoms with Crippen LogP contribution in [0.15, 0.2) is 17.1 Å². The molecule has 0 spiro atoms. The molecule has 3 N–H and O–H groups in total. The molecule has 1 aliphatic carbocycles. The molecule has 2 unspecified atom stereocenters. The lowest BCUT2D eigenvalue weighted by Crippen LogP contribution is -2.43.